The van der Waals surface area contributed by atoms with Gasteiger partial charge in [-0.1, -0.05) is 35.3 Å². The van der Waals surface area contributed by atoms with Gasteiger partial charge in [-0.05, 0) is 36.8 Å². The van der Waals surface area contributed by atoms with E-state index in [1.165, 1.54) is 0 Å². The number of anilines is 2. The molecular weight excluding hydrogens is 243 g/mol. The van der Waals surface area contributed by atoms with Gasteiger partial charge in [0.15, 0.2) is 0 Å². The van der Waals surface area contributed by atoms with Crippen LogP contribution in [0, 0.1) is 6.92 Å². The van der Waals surface area contributed by atoms with Crippen LogP contribution >= 0.6 is 23.2 Å². The van der Waals surface area contributed by atoms with Gasteiger partial charge in [0.1, 0.15) is 11.0 Å². The van der Waals surface area contributed by atoms with Gasteiger partial charge in [-0.2, -0.15) is 0 Å². The Morgan fingerprint density at radius 2 is 1.88 bits per heavy atom. The second kappa shape index (κ2) is 4.73. The Morgan fingerprint density at radius 3 is 2.56 bits per heavy atom. The molecule has 0 bridgehead atoms. The van der Waals surface area contributed by atoms with Gasteiger partial charge in [0.25, 0.3) is 0 Å². The van der Waals surface area contributed by atoms with Crippen LogP contribution in [0.4, 0.5) is 11.5 Å². The Balaban J connectivity index is 2.30. The summed E-state index contributed by atoms with van der Waals surface area (Å²) in [5.74, 6) is 0.693. The maximum atomic E-state index is 6.03. The van der Waals surface area contributed by atoms with Crippen LogP contribution in [0.3, 0.4) is 0 Å². The van der Waals surface area contributed by atoms with Gasteiger partial charge >= 0.3 is 0 Å². The molecule has 0 aliphatic rings. The van der Waals surface area contributed by atoms with Crippen molar-refractivity contribution in [1.29, 1.82) is 0 Å². The van der Waals surface area contributed by atoms with E-state index in [0.29, 0.717) is 16.0 Å². The normalized spacial score (nSPS) is 10.2. The lowest BCUT2D eigenvalue weighted by atomic mass is 10.3. The highest BCUT2D eigenvalue weighted by atomic mass is 35.5. The Morgan fingerprint density at radius 1 is 1.12 bits per heavy atom. The second-order valence-electron chi connectivity index (χ2n) is 3.46. The maximum Gasteiger partial charge on any atom is 0.132 e. The third-order valence-corrected chi connectivity index (χ3v) is 2.60. The topological polar surface area (TPSA) is 24.9 Å². The van der Waals surface area contributed by atoms with E-state index in [1.807, 2.05) is 37.3 Å². The molecule has 2 rings (SSSR count). The molecule has 0 atom stereocenters. The quantitative estimate of drug-likeness (QED) is 0.800. The molecule has 0 amide bonds. The lowest BCUT2D eigenvalue weighted by Crippen LogP contribution is -1.94. The summed E-state index contributed by atoms with van der Waals surface area (Å²) in [6.45, 7) is 1.96. The van der Waals surface area contributed by atoms with Crippen molar-refractivity contribution in [3.8, 4) is 0 Å². The third kappa shape index (κ3) is 2.65. The number of nitrogens with one attached hydrogen (secondary N) is 1. The summed E-state index contributed by atoms with van der Waals surface area (Å²) in [4.78, 5) is 4.17. The van der Waals surface area contributed by atoms with Gasteiger partial charge in [-0.25, -0.2) is 4.98 Å². The predicted molar refractivity (Wildman–Crippen MR) is 68.7 cm³/mol. The molecule has 1 aromatic carbocycles. The molecule has 0 aliphatic carbocycles. The lowest BCUT2D eigenvalue weighted by Gasteiger charge is -2.08. The zero-order chi connectivity index (χ0) is 11.5. The highest BCUT2D eigenvalue weighted by Gasteiger charge is 2.02. The molecule has 16 heavy (non-hydrogen) atoms. The predicted octanol–water partition coefficient (Wildman–Crippen LogP) is 4.44. The molecule has 0 saturated heterocycles. The van der Waals surface area contributed by atoms with E-state index in [4.69, 9.17) is 23.2 Å². The van der Waals surface area contributed by atoms with E-state index in [1.54, 1.807) is 6.07 Å². The van der Waals surface area contributed by atoms with Crippen LogP contribution in [-0.2, 0) is 0 Å². The van der Waals surface area contributed by atoms with Gasteiger partial charge in [-0.15, -0.1) is 0 Å². The Labute approximate surface area is 104 Å². The minimum atomic E-state index is 0.467. The monoisotopic (exact) mass is 252 g/mol. The molecule has 0 aliphatic heterocycles. The van der Waals surface area contributed by atoms with Crippen LogP contribution in [0.5, 0.6) is 0 Å². The number of hydrogen-bond donors (Lipinski definition) is 1. The first-order chi connectivity index (χ1) is 7.65. The van der Waals surface area contributed by atoms with Crippen LogP contribution in [0.15, 0.2) is 36.4 Å². The molecule has 0 fully saturated rings. The molecule has 0 spiro atoms. The average Bonchev–Trinajstić information content (AvgIpc) is 2.20. The molecule has 0 radical (unpaired) electrons. The summed E-state index contributed by atoms with van der Waals surface area (Å²) in [5.41, 5.74) is 1.87. The summed E-state index contributed by atoms with van der Waals surface area (Å²) in [6.07, 6.45) is 0. The van der Waals surface area contributed by atoms with Crippen LogP contribution < -0.4 is 5.32 Å². The number of rotatable bonds is 2. The lowest BCUT2D eigenvalue weighted by molar-refractivity contribution is 1.27. The number of hydrogen-bond acceptors (Lipinski definition) is 2. The first kappa shape index (κ1) is 11.2. The van der Waals surface area contributed by atoms with Gasteiger partial charge in [-0.3, -0.25) is 0 Å². The standard InChI is InChI=1S/C12H10Cl2N2/c1-8-6-11(14)16-12(7-8)15-10-5-3-2-4-9(10)13/h2-7H,1H3,(H,15,16). The van der Waals surface area contributed by atoms with Crippen molar-refractivity contribution >= 4 is 34.7 Å². The number of aryl methyl sites for hydroxylation is 1. The van der Waals surface area contributed by atoms with Gasteiger partial charge in [0, 0.05) is 0 Å². The minimum Gasteiger partial charge on any atom is -0.339 e. The Bertz CT molecular complexity index is 492. The summed E-state index contributed by atoms with van der Waals surface area (Å²) < 4.78 is 0. The molecule has 2 nitrogen and oxygen atoms in total. The summed E-state index contributed by atoms with van der Waals surface area (Å²) in [7, 11) is 0. The Hall–Kier alpha value is -1.25. The third-order valence-electron chi connectivity index (χ3n) is 2.08. The van der Waals surface area contributed by atoms with Gasteiger partial charge in [0.2, 0.25) is 0 Å². The summed E-state index contributed by atoms with van der Waals surface area (Å²) >= 11 is 11.9. The molecule has 4 heteroatoms. The number of aromatic nitrogens is 1. The number of halogens is 2. The number of para-hydroxylation sites is 1. The largest absolute Gasteiger partial charge is 0.339 e. The van der Waals surface area contributed by atoms with Crippen molar-refractivity contribution in [2.24, 2.45) is 0 Å². The molecule has 1 N–H and O–H groups in total. The Kier molecular flexibility index (Phi) is 3.32. The number of benzene rings is 1. The van der Waals surface area contributed by atoms with Crippen molar-refractivity contribution in [2.45, 2.75) is 6.92 Å². The van der Waals surface area contributed by atoms with Crippen molar-refractivity contribution in [2.75, 3.05) is 5.32 Å². The fraction of sp³-hybridized carbons (Fsp3) is 0.0833. The van der Waals surface area contributed by atoms with E-state index in [0.717, 1.165) is 11.3 Å². The highest BCUT2D eigenvalue weighted by molar-refractivity contribution is 6.33. The zero-order valence-corrected chi connectivity index (χ0v) is 10.2. The van der Waals surface area contributed by atoms with Gasteiger partial charge < -0.3 is 5.32 Å². The molecule has 0 saturated carbocycles. The molecule has 1 heterocycles. The van der Waals surface area contributed by atoms with E-state index in [2.05, 4.69) is 10.3 Å². The SMILES string of the molecule is Cc1cc(Cl)nc(Nc2ccccc2Cl)c1. The van der Waals surface area contributed by atoms with Crippen LogP contribution in [0.1, 0.15) is 5.56 Å². The fourth-order valence-electron chi connectivity index (χ4n) is 1.39. The number of pyridine rings is 1. The van der Waals surface area contributed by atoms with E-state index in [-0.39, 0.29) is 0 Å². The maximum absolute atomic E-state index is 6.03. The zero-order valence-electron chi connectivity index (χ0n) is 8.67. The van der Waals surface area contributed by atoms with E-state index >= 15 is 0 Å². The fourth-order valence-corrected chi connectivity index (χ4v) is 1.84. The summed E-state index contributed by atoms with van der Waals surface area (Å²) in [5, 5.41) is 4.25. The van der Waals surface area contributed by atoms with Gasteiger partial charge in [0.05, 0.1) is 10.7 Å². The highest BCUT2D eigenvalue weighted by Crippen LogP contribution is 2.25. The average molecular weight is 253 g/mol. The second-order valence-corrected chi connectivity index (χ2v) is 4.25. The molecule has 82 valence electrons. The molecule has 2 aromatic rings. The van der Waals surface area contributed by atoms with Crippen LogP contribution in [0.2, 0.25) is 10.2 Å². The number of nitrogens with zero attached hydrogens (tertiary/aromatic N) is 1. The molecular formula is C12H10Cl2N2. The smallest absolute Gasteiger partial charge is 0.132 e. The molecule has 0 unspecified atom stereocenters. The van der Waals surface area contributed by atoms with Crippen molar-refractivity contribution < 1.29 is 0 Å². The van der Waals surface area contributed by atoms with Crippen LogP contribution in [0.25, 0.3) is 0 Å². The van der Waals surface area contributed by atoms with Crippen molar-refractivity contribution in [3.05, 3.63) is 52.1 Å². The van der Waals surface area contributed by atoms with Crippen molar-refractivity contribution in [1.82, 2.24) is 4.98 Å². The first-order valence-corrected chi connectivity index (χ1v) is 5.56. The molecule has 1 aromatic heterocycles. The van der Waals surface area contributed by atoms with E-state index < -0.39 is 0 Å². The summed E-state index contributed by atoms with van der Waals surface area (Å²) in [6, 6.07) is 11.2. The van der Waals surface area contributed by atoms with Crippen molar-refractivity contribution in [3.63, 3.8) is 0 Å². The first-order valence-electron chi connectivity index (χ1n) is 4.81. The minimum absolute atomic E-state index is 0.467. The van der Waals surface area contributed by atoms with E-state index in [9.17, 15) is 0 Å². The van der Waals surface area contributed by atoms with Crippen LogP contribution in [-0.4, -0.2) is 4.98 Å².